The lowest BCUT2D eigenvalue weighted by molar-refractivity contribution is -0.00622. The van der Waals surface area contributed by atoms with E-state index in [-0.39, 0.29) is 5.56 Å². The van der Waals surface area contributed by atoms with Crippen molar-refractivity contribution in [2.24, 2.45) is 0 Å². The summed E-state index contributed by atoms with van der Waals surface area (Å²) >= 11 is 0. The topological polar surface area (TPSA) is 77.0 Å². The number of hydrogen-bond acceptors (Lipinski definition) is 5. The minimum atomic E-state index is -0.982. The van der Waals surface area contributed by atoms with Gasteiger partial charge in [0, 0.05) is 32.7 Å². The Morgan fingerprint density at radius 1 is 1.50 bits per heavy atom. The maximum atomic E-state index is 11.2. The van der Waals surface area contributed by atoms with Gasteiger partial charge < -0.3 is 24.6 Å². The molecule has 110 valence electrons. The minimum absolute atomic E-state index is 0.205. The van der Waals surface area contributed by atoms with Gasteiger partial charge in [0.05, 0.1) is 25.0 Å². The van der Waals surface area contributed by atoms with Crippen LogP contribution in [0.3, 0.4) is 0 Å². The van der Waals surface area contributed by atoms with E-state index in [1.807, 2.05) is 0 Å². The van der Waals surface area contributed by atoms with E-state index in [4.69, 9.17) is 14.2 Å². The lowest BCUT2D eigenvalue weighted by atomic mass is 10.0. The van der Waals surface area contributed by atoms with Gasteiger partial charge in [-0.1, -0.05) is 0 Å². The predicted molar refractivity (Wildman–Crippen MR) is 73.6 cm³/mol. The van der Waals surface area contributed by atoms with Crippen molar-refractivity contribution < 1.29 is 24.1 Å². The molecule has 2 N–H and O–H groups in total. The number of rotatable bonds is 6. The number of anilines is 1. The fraction of sp³-hybridized carbons (Fsp3) is 0.500. The molecule has 0 aromatic heterocycles. The first-order valence-corrected chi connectivity index (χ1v) is 6.38. The number of methoxy groups -OCH3 is 2. The first-order chi connectivity index (χ1) is 9.60. The van der Waals surface area contributed by atoms with Gasteiger partial charge in [0.2, 0.25) is 0 Å². The number of hydrogen-bond donors (Lipinski definition) is 2. The van der Waals surface area contributed by atoms with Crippen molar-refractivity contribution in [1.29, 1.82) is 0 Å². The number of nitrogens with one attached hydrogen (secondary N) is 1. The molecule has 1 atom stereocenters. The second-order valence-electron chi connectivity index (χ2n) is 4.76. The molecule has 2 rings (SSSR count). The second-order valence-corrected chi connectivity index (χ2v) is 4.76. The first-order valence-electron chi connectivity index (χ1n) is 6.38. The number of carboxylic acid groups (broad SMARTS) is 1. The lowest BCUT2D eigenvalue weighted by Crippen LogP contribution is -2.39. The number of carboxylic acids is 1. The van der Waals surface area contributed by atoms with Gasteiger partial charge in [-0.15, -0.1) is 0 Å². The fourth-order valence-electron chi connectivity index (χ4n) is 2.20. The van der Waals surface area contributed by atoms with E-state index in [0.717, 1.165) is 6.42 Å². The van der Waals surface area contributed by atoms with Crippen LogP contribution in [0.15, 0.2) is 18.2 Å². The molecule has 1 aliphatic heterocycles. The molecule has 20 heavy (non-hydrogen) atoms. The number of ether oxygens (including phenoxy) is 3. The fourth-order valence-corrected chi connectivity index (χ4v) is 2.20. The molecule has 1 aromatic carbocycles. The zero-order valence-corrected chi connectivity index (χ0v) is 11.6. The second kappa shape index (κ2) is 6.11. The smallest absolute Gasteiger partial charge is 0.337 e. The summed E-state index contributed by atoms with van der Waals surface area (Å²) in [6.07, 6.45) is 0.781. The number of benzene rings is 1. The third-order valence-corrected chi connectivity index (χ3v) is 3.56. The summed E-state index contributed by atoms with van der Waals surface area (Å²) in [5, 5.41) is 12.3. The Balaban J connectivity index is 2.16. The Morgan fingerprint density at radius 3 is 2.85 bits per heavy atom. The standard InChI is InChI=1S/C14H19NO5/c1-18-10-3-4-11(13(16)17)12(7-10)15-8-14(19-2)5-6-20-9-14/h3-4,7,15H,5-6,8-9H2,1-2H3,(H,16,17). The third kappa shape index (κ3) is 3.02. The molecule has 6 heteroatoms. The minimum Gasteiger partial charge on any atom is -0.497 e. The molecule has 1 unspecified atom stereocenters. The van der Waals surface area contributed by atoms with Gasteiger partial charge in [-0.2, -0.15) is 0 Å². The third-order valence-electron chi connectivity index (χ3n) is 3.56. The van der Waals surface area contributed by atoms with Crippen molar-refractivity contribution in [3.63, 3.8) is 0 Å². The van der Waals surface area contributed by atoms with Gasteiger partial charge in [0.25, 0.3) is 0 Å². The van der Waals surface area contributed by atoms with Gasteiger partial charge in [-0.3, -0.25) is 0 Å². The molecule has 1 saturated heterocycles. The van der Waals surface area contributed by atoms with Gasteiger partial charge in [0.15, 0.2) is 0 Å². The normalized spacial score (nSPS) is 21.7. The van der Waals surface area contributed by atoms with Crippen molar-refractivity contribution in [3.05, 3.63) is 23.8 Å². The Kier molecular flexibility index (Phi) is 4.46. The van der Waals surface area contributed by atoms with Gasteiger partial charge in [0.1, 0.15) is 11.4 Å². The van der Waals surface area contributed by atoms with E-state index in [9.17, 15) is 9.90 Å². The van der Waals surface area contributed by atoms with Crippen molar-refractivity contribution in [2.75, 3.05) is 39.3 Å². The Labute approximate surface area is 117 Å². The summed E-state index contributed by atoms with van der Waals surface area (Å²) in [5.74, 6) is -0.379. The van der Waals surface area contributed by atoms with Gasteiger partial charge >= 0.3 is 5.97 Å². The molecule has 6 nitrogen and oxygen atoms in total. The van der Waals surface area contributed by atoms with Crippen LogP contribution in [0, 0.1) is 0 Å². The van der Waals surface area contributed by atoms with Crippen LogP contribution in [0.2, 0.25) is 0 Å². The van der Waals surface area contributed by atoms with E-state index in [0.29, 0.717) is 31.2 Å². The van der Waals surface area contributed by atoms with E-state index in [1.165, 1.54) is 6.07 Å². The zero-order valence-electron chi connectivity index (χ0n) is 11.6. The number of carbonyl (C=O) groups is 1. The Bertz CT molecular complexity index is 482. The molecule has 1 heterocycles. The van der Waals surface area contributed by atoms with Crippen LogP contribution in [0.5, 0.6) is 5.75 Å². The highest BCUT2D eigenvalue weighted by Gasteiger charge is 2.35. The highest BCUT2D eigenvalue weighted by atomic mass is 16.5. The predicted octanol–water partition coefficient (Wildman–Crippen LogP) is 1.61. The molecule has 1 fully saturated rings. The van der Waals surface area contributed by atoms with Crippen molar-refractivity contribution >= 4 is 11.7 Å². The van der Waals surface area contributed by atoms with E-state index in [2.05, 4.69) is 5.32 Å². The summed E-state index contributed by atoms with van der Waals surface area (Å²) in [5.41, 5.74) is 0.315. The SMILES string of the molecule is COc1ccc(C(=O)O)c(NCC2(OC)CCOC2)c1. The van der Waals surface area contributed by atoms with Gasteiger partial charge in [-0.25, -0.2) is 4.79 Å². The van der Waals surface area contributed by atoms with Crippen LogP contribution in [0.25, 0.3) is 0 Å². The number of aromatic carboxylic acids is 1. The highest BCUT2D eigenvalue weighted by molar-refractivity contribution is 5.94. The van der Waals surface area contributed by atoms with E-state index < -0.39 is 11.6 Å². The quantitative estimate of drug-likeness (QED) is 0.825. The summed E-state index contributed by atoms with van der Waals surface area (Å²) in [4.78, 5) is 11.2. The highest BCUT2D eigenvalue weighted by Crippen LogP contribution is 2.26. The summed E-state index contributed by atoms with van der Waals surface area (Å²) in [7, 11) is 3.18. The largest absolute Gasteiger partial charge is 0.497 e. The van der Waals surface area contributed by atoms with Crippen LogP contribution in [-0.4, -0.2) is 50.7 Å². The monoisotopic (exact) mass is 281 g/mol. The van der Waals surface area contributed by atoms with Crippen LogP contribution in [0.1, 0.15) is 16.8 Å². The molecule has 0 radical (unpaired) electrons. The first kappa shape index (κ1) is 14.6. The molecule has 0 spiro atoms. The Morgan fingerprint density at radius 2 is 2.30 bits per heavy atom. The van der Waals surface area contributed by atoms with Crippen molar-refractivity contribution in [1.82, 2.24) is 0 Å². The average Bonchev–Trinajstić information content (AvgIpc) is 2.94. The van der Waals surface area contributed by atoms with E-state index in [1.54, 1.807) is 26.4 Å². The Hall–Kier alpha value is -1.79. The molecule has 0 bridgehead atoms. The molecular formula is C14H19NO5. The maximum absolute atomic E-state index is 11.2. The molecule has 1 aliphatic rings. The molecule has 0 aliphatic carbocycles. The van der Waals surface area contributed by atoms with Crippen molar-refractivity contribution in [3.8, 4) is 5.75 Å². The lowest BCUT2D eigenvalue weighted by Gasteiger charge is -2.27. The van der Waals surface area contributed by atoms with Crippen LogP contribution in [0.4, 0.5) is 5.69 Å². The summed E-state index contributed by atoms with van der Waals surface area (Å²) in [6, 6.07) is 4.82. The average molecular weight is 281 g/mol. The molecule has 0 saturated carbocycles. The maximum Gasteiger partial charge on any atom is 0.337 e. The van der Waals surface area contributed by atoms with Gasteiger partial charge in [-0.05, 0) is 12.1 Å². The van der Waals surface area contributed by atoms with Crippen molar-refractivity contribution in [2.45, 2.75) is 12.0 Å². The summed E-state index contributed by atoms with van der Waals surface area (Å²) in [6.45, 7) is 1.64. The summed E-state index contributed by atoms with van der Waals surface area (Å²) < 4.78 is 16.0. The van der Waals surface area contributed by atoms with Crippen LogP contribution in [-0.2, 0) is 9.47 Å². The van der Waals surface area contributed by atoms with Crippen LogP contribution < -0.4 is 10.1 Å². The zero-order chi connectivity index (χ0) is 14.6. The van der Waals surface area contributed by atoms with E-state index >= 15 is 0 Å². The molecular weight excluding hydrogens is 262 g/mol. The molecule has 0 amide bonds. The van der Waals surface area contributed by atoms with Crippen LogP contribution >= 0.6 is 0 Å². The molecule has 1 aromatic rings.